The number of rotatable bonds is 3. The van der Waals surface area contributed by atoms with Crippen LogP contribution in [-0.4, -0.2) is 12.5 Å². The topological polar surface area (TPSA) is 50.1 Å². The number of amides is 1. The van der Waals surface area contributed by atoms with Gasteiger partial charge in [0.25, 0.3) is 5.91 Å². The average molecular weight is 185 g/mol. The van der Waals surface area contributed by atoms with E-state index in [4.69, 9.17) is 22.1 Å². The molecule has 0 aromatic heterocycles. The van der Waals surface area contributed by atoms with E-state index in [9.17, 15) is 4.79 Å². The van der Waals surface area contributed by atoms with Gasteiger partial charge in [-0.1, -0.05) is 23.7 Å². The summed E-state index contributed by atoms with van der Waals surface area (Å²) in [6.07, 6.45) is 0. The van der Waals surface area contributed by atoms with Gasteiger partial charge in [-0.2, -0.15) is 0 Å². The lowest BCUT2D eigenvalue weighted by atomic mass is 10.3. The second kappa shape index (κ2) is 3.97. The first-order valence-electron chi connectivity index (χ1n) is 3.32. The van der Waals surface area contributed by atoms with Gasteiger partial charge in [-0.3, -0.25) is 10.5 Å². The SMILES string of the molecule is [NH]C(=O)COc1ccccc1Cl. The van der Waals surface area contributed by atoms with E-state index in [1.165, 1.54) is 0 Å². The van der Waals surface area contributed by atoms with Crippen LogP contribution in [-0.2, 0) is 4.79 Å². The maximum absolute atomic E-state index is 10.2. The molecule has 0 heterocycles. The minimum atomic E-state index is -0.769. The highest BCUT2D eigenvalue weighted by molar-refractivity contribution is 6.32. The van der Waals surface area contributed by atoms with Crippen molar-refractivity contribution < 1.29 is 9.53 Å². The van der Waals surface area contributed by atoms with Crippen LogP contribution in [0.3, 0.4) is 0 Å². The van der Waals surface area contributed by atoms with Crippen LogP contribution in [0, 0.1) is 0 Å². The van der Waals surface area contributed by atoms with E-state index in [2.05, 4.69) is 0 Å². The van der Waals surface area contributed by atoms with Crippen molar-refractivity contribution in [2.24, 2.45) is 0 Å². The van der Waals surface area contributed by atoms with Crippen molar-refractivity contribution in [2.75, 3.05) is 6.61 Å². The molecule has 0 saturated carbocycles. The summed E-state index contributed by atoms with van der Waals surface area (Å²) in [7, 11) is 0. The molecule has 1 radical (unpaired) electrons. The minimum Gasteiger partial charge on any atom is -0.482 e. The lowest BCUT2D eigenvalue weighted by Gasteiger charge is -2.03. The molecule has 1 amide bonds. The van der Waals surface area contributed by atoms with Gasteiger partial charge in [0.15, 0.2) is 6.61 Å². The van der Waals surface area contributed by atoms with E-state index in [0.29, 0.717) is 10.8 Å². The number of carbonyl (C=O) groups is 1. The summed E-state index contributed by atoms with van der Waals surface area (Å²) >= 11 is 5.71. The van der Waals surface area contributed by atoms with Crippen LogP contribution in [0.15, 0.2) is 24.3 Å². The molecule has 0 spiro atoms. The number of para-hydroxylation sites is 1. The van der Waals surface area contributed by atoms with Gasteiger partial charge < -0.3 is 4.74 Å². The number of hydrogen-bond donors (Lipinski definition) is 0. The number of ether oxygens (including phenoxy) is 1. The molecule has 0 saturated heterocycles. The zero-order valence-corrected chi connectivity index (χ0v) is 6.97. The average Bonchev–Trinajstić information content (AvgIpc) is 2.03. The third-order valence-electron chi connectivity index (χ3n) is 1.20. The van der Waals surface area contributed by atoms with E-state index in [0.717, 1.165) is 0 Å². The Morgan fingerprint density at radius 2 is 2.17 bits per heavy atom. The second-order valence-electron chi connectivity index (χ2n) is 2.14. The molecule has 1 N–H and O–H groups in total. The summed E-state index contributed by atoms with van der Waals surface area (Å²) in [5, 5.41) is 0.443. The normalized spacial score (nSPS) is 9.42. The number of halogens is 1. The Labute approximate surface area is 75.1 Å². The van der Waals surface area contributed by atoms with Crippen molar-refractivity contribution in [2.45, 2.75) is 0 Å². The van der Waals surface area contributed by atoms with Crippen LogP contribution in [0.4, 0.5) is 0 Å². The third kappa shape index (κ3) is 2.43. The molecule has 0 aliphatic rings. The van der Waals surface area contributed by atoms with Crippen LogP contribution in [0.2, 0.25) is 5.02 Å². The third-order valence-corrected chi connectivity index (χ3v) is 1.51. The Balaban J connectivity index is 2.63. The highest BCUT2D eigenvalue weighted by Gasteiger charge is 2.01. The largest absolute Gasteiger partial charge is 0.482 e. The van der Waals surface area contributed by atoms with E-state index in [1.807, 2.05) is 0 Å². The van der Waals surface area contributed by atoms with Crippen molar-refractivity contribution in [3.63, 3.8) is 0 Å². The van der Waals surface area contributed by atoms with Crippen molar-refractivity contribution in [1.29, 1.82) is 0 Å². The zero-order valence-electron chi connectivity index (χ0n) is 6.21. The van der Waals surface area contributed by atoms with Crippen molar-refractivity contribution in [3.05, 3.63) is 29.3 Å². The maximum atomic E-state index is 10.2. The van der Waals surface area contributed by atoms with Crippen LogP contribution in [0.5, 0.6) is 5.75 Å². The highest BCUT2D eigenvalue weighted by atomic mass is 35.5. The first kappa shape index (κ1) is 8.87. The molecule has 1 aromatic rings. The lowest BCUT2D eigenvalue weighted by Crippen LogP contribution is -2.11. The number of hydrogen-bond acceptors (Lipinski definition) is 2. The van der Waals surface area contributed by atoms with E-state index in [-0.39, 0.29) is 6.61 Å². The van der Waals surface area contributed by atoms with Gasteiger partial charge in [0.2, 0.25) is 0 Å². The van der Waals surface area contributed by atoms with Gasteiger partial charge in [0.1, 0.15) is 5.75 Å². The zero-order chi connectivity index (χ0) is 8.97. The molecule has 0 fully saturated rings. The fourth-order valence-electron chi connectivity index (χ4n) is 0.705. The minimum absolute atomic E-state index is 0.260. The van der Waals surface area contributed by atoms with Gasteiger partial charge in [-0.25, -0.2) is 0 Å². The van der Waals surface area contributed by atoms with Gasteiger partial charge in [0.05, 0.1) is 5.02 Å². The van der Waals surface area contributed by atoms with Gasteiger partial charge >= 0.3 is 0 Å². The van der Waals surface area contributed by atoms with E-state index < -0.39 is 5.91 Å². The maximum Gasteiger partial charge on any atom is 0.276 e. The van der Waals surface area contributed by atoms with Crippen LogP contribution in [0.25, 0.3) is 0 Å². The molecule has 0 atom stereocenters. The molecule has 0 bridgehead atoms. The standard InChI is InChI=1S/C8H7ClNO2/c9-6-3-1-2-4-7(6)12-5-8(10)11/h1-4,10H,5H2. The smallest absolute Gasteiger partial charge is 0.276 e. The lowest BCUT2D eigenvalue weighted by molar-refractivity contribution is -0.120. The van der Waals surface area contributed by atoms with Gasteiger partial charge in [-0.05, 0) is 12.1 Å². The summed E-state index contributed by atoms with van der Waals surface area (Å²) in [4.78, 5) is 10.2. The summed E-state index contributed by atoms with van der Waals surface area (Å²) in [5.74, 6) is -0.338. The number of carbonyl (C=O) groups excluding carboxylic acids is 1. The Morgan fingerprint density at radius 3 is 2.75 bits per heavy atom. The molecule has 12 heavy (non-hydrogen) atoms. The molecule has 0 aliphatic heterocycles. The Hall–Kier alpha value is -1.22. The Bertz CT molecular complexity index is 288. The van der Waals surface area contributed by atoms with Crippen molar-refractivity contribution in [1.82, 2.24) is 5.73 Å². The summed E-state index contributed by atoms with van der Waals surface area (Å²) in [6, 6.07) is 6.81. The first-order chi connectivity index (χ1) is 5.70. The molecule has 1 rings (SSSR count). The number of nitrogens with one attached hydrogen (secondary N) is 1. The van der Waals surface area contributed by atoms with Crippen molar-refractivity contribution in [3.8, 4) is 5.75 Å². The highest BCUT2D eigenvalue weighted by Crippen LogP contribution is 2.22. The van der Waals surface area contributed by atoms with Crippen LogP contribution >= 0.6 is 11.6 Å². The molecule has 1 aromatic carbocycles. The predicted molar refractivity (Wildman–Crippen MR) is 45.1 cm³/mol. The molecular weight excluding hydrogens is 178 g/mol. The van der Waals surface area contributed by atoms with E-state index in [1.54, 1.807) is 24.3 Å². The summed E-state index contributed by atoms with van der Waals surface area (Å²) < 4.78 is 4.93. The fraction of sp³-hybridized carbons (Fsp3) is 0.125. The molecule has 63 valence electrons. The molecule has 4 heteroatoms. The molecular formula is C8H7ClNO2. The number of benzene rings is 1. The quantitative estimate of drug-likeness (QED) is 0.715. The predicted octanol–water partition coefficient (Wildman–Crippen LogP) is 1.53. The summed E-state index contributed by atoms with van der Waals surface area (Å²) in [5.41, 5.74) is 6.59. The molecule has 0 aliphatic carbocycles. The fourth-order valence-corrected chi connectivity index (χ4v) is 0.895. The molecule has 0 unspecified atom stereocenters. The van der Waals surface area contributed by atoms with Gasteiger partial charge in [0, 0.05) is 0 Å². The van der Waals surface area contributed by atoms with E-state index >= 15 is 0 Å². The van der Waals surface area contributed by atoms with Gasteiger partial charge in [-0.15, -0.1) is 0 Å². The van der Waals surface area contributed by atoms with Crippen molar-refractivity contribution >= 4 is 17.5 Å². The second-order valence-corrected chi connectivity index (χ2v) is 2.55. The summed E-state index contributed by atoms with van der Waals surface area (Å²) in [6.45, 7) is -0.260. The van der Waals surface area contributed by atoms with Crippen LogP contribution in [0.1, 0.15) is 0 Å². The first-order valence-corrected chi connectivity index (χ1v) is 3.69. The Morgan fingerprint density at radius 1 is 1.50 bits per heavy atom. The van der Waals surface area contributed by atoms with Crippen LogP contribution < -0.4 is 10.5 Å². The Kier molecular flexibility index (Phi) is 2.94. The monoisotopic (exact) mass is 184 g/mol. The molecule has 3 nitrogen and oxygen atoms in total.